The summed E-state index contributed by atoms with van der Waals surface area (Å²) in [6.07, 6.45) is 0.573. The molecule has 2 rings (SSSR count). The maximum atomic E-state index is 12.4. The van der Waals surface area contributed by atoms with Crippen LogP contribution in [0.5, 0.6) is 17.2 Å². The normalized spacial score (nSPS) is 10.5. The number of methoxy groups -OCH3 is 2. The summed E-state index contributed by atoms with van der Waals surface area (Å²) in [6.45, 7) is 3.38. The fraction of sp³-hybridized carbons (Fsp3) is 0.333. The van der Waals surface area contributed by atoms with E-state index >= 15 is 0 Å². The Morgan fingerprint density at radius 3 is 2.42 bits per heavy atom. The molecule has 0 saturated carbocycles. The molecule has 2 aromatic rings. The Bertz CT molecular complexity index is 823. The van der Waals surface area contributed by atoms with E-state index < -0.39 is 11.3 Å². The Balaban J connectivity index is 2.31. The van der Waals surface area contributed by atoms with Gasteiger partial charge in [-0.15, -0.1) is 0 Å². The minimum absolute atomic E-state index is 0.173. The highest BCUT2D eigenvalue weighted by Crippen LogP contribution is 2.27. The van der Waals surface area contributed by atoms with E-state index in [0.29, 0.717) is 30.2 Å². The summed E-state index contributed by atoms with van der Waals surface area (Å²) in [4.78, 5) is 24.0. The van der Waals surface area contributed by atoms with Crippen molar-refractivity contribution >= 4 is 5.78 Å². The molecule has 24 heavy (non-hydrogen) atoms. The summed E-state index contributed by atoms with van der Waals surface area (Å²) in [5.74, 6) is 0.539. The predicted octanol–water partition coefficient (Wildman–Crippen LogP) is 2.32. The molecule has 0 unspecified atom stereocenters. The molecule has 0 radical (unpaired) electrons. The van der Waals surface area contributed by atoms with Crippen molar-refractivity contribution in [1.29, 1.82) is 0 Å². The molecule has 0 saturated heterocycles. The number of ketones is 1. The minimum Gasteiger partial charge on any atom is -0.507 e. The molecule has 6 heteroatoms. The minimum atomic E-state index is -0.472. The van der Waals surface area contributed by atoms with E-state index in [1.54, 1.807) is 21.1 Å². The lowest BCUT2D eigenvalue weighted by molar-refractivity contribution is 0.101. The molecule has 1 aromatic heterocycles. The van der Waals surface area contributed by atoms with Gasteiger partial charge in [-0.1, -0.05) is 6.07 Å². The van der Waals surface area contributed by atoms with Gasteiger partial charge in [0.25, 0.3) is 5.56 Å². The number of hydrogen-bond donors (Lipinski definition) is 1. The lowest BCUT2D eigenvalue weighted by Crippen LogP contribution is -2.28. The van der Waals surface area contributed by atoms with E-state index in [2.05, 4.69) is 0 Å². The zero-order valence-corrected chi connectivity index (χ0v) is 14.3. The number of pyridine rings is 1. The third kappa shape index (κ3) is 3.42. The molecular weight excluding hydrogens is 310 g/mol. The quantitative estimate of drug-likeness (QED) is 0.822. The second-order valence-electron chi connectivity index (χ2n) is 5.50. The molecule has 0 fully saturated rings. The smallest absolute Gasteiger partial charge is 0.265 e. The van der Waals surface area contributed by atoms with E-state index in [-0.39, 0.29) is 11.3 Å². The topological polar surface area (TPSA) is 77.8 Å². The third-order valence-electron chi connectivity index (χ3n) is 3.91. The number of carbonyl (C=O) groups is 1. The number of rotatable bonds is 6. The highest BCUT2D eigenvalue weighted by Gasteiger charge is 2.16. The highest BCUT2D eigenvalue weighted by molar-refractivity contribution is 5.96. The van der Waals surface area contributed by atoms with Crippen LogP contribution >= 0.6 is 0 Å². The first-order valence-corrected chi connectivity index (χ1v) is 7.54. The van der Waals surface area contributed by atoms with E-state index in [1.807, 2.05) is 18.2 Å². The number of carbonyl (C=O) groups excluding carboxylic acids is 1. The zero-order chi connectivity index (χ0) is 17.9. The van der Waals surface area contributed by atoms with Crippen molar-refractivity contribution in [2.24, 2.45) is 0 Å². The maximum absolute atomic E-state index is 12.4. The lowest BCUT2D eigenvalue weighted by atomic mass is 10.1. The molecule has 0 spiro atoms. The second-order valence-corrected chi connectivity index (χ2v) is 5.50. The Labute approximate surface area is 140 Å². The first-order valence-electron chi connectivity index (χ1n) is 7.54. The van der Waals surface area contributed by atoms with E-state index in [1.165, 1.54) is 17.6 Å². The molecule has 6 nitrogen and oxygen atoms in total. The molecule has 0 aliphatic heterocycles. The van der Waals surface area contributed by atoms with Crippen LogP contribution < -0.4 is 15.0 Å². The predicted molar refractivity (Wildman–Crippen MR) is 90.4 cm³/mol. The number of aryl methyl sites for hydroxylation is 2. The molecule has 1 aromatic carbocycles. The summed E-state index contributed by atoms with van der Waals surface area (Å²) < 4.78 is 12.0. The maximum Gasteiger partial charge on any atom is 0.265 e. The molecule has 0 atom stereocenters. The van der Waals surface area contributed by atoms with Gasteiger partial charge in [0, 0.05) is 18.3 Å². The molecule has 1 heterocycles. The van der Waals surface area contributed by atoms with Crippen molar-refractivity contribution in [1.82, 2.24) is 4.57 Å². The van der Waals surface area contributed by atoms with Crippen LogP contribution in [0.1, 0.15) is 28.5 Å². The summed E-state index contributed by atoms with van der Waals surface area (Å²) in [5, 5.41) is 9.81. The SMILES string of the molecule is COc1ccc(CCn2c(C)cc(O)c(C(C)=O)c2=O)cc1OC. The average molecular weight is 331 g/mol. The number of Topliss-reactive ketones (excluding diaryl/α,β-unsaturated/α-hetero) is 1. The molecule has 128 valence electrons. The standard InChI is InChI=1S/C18H21NO5/c1-11-9-14(21)17(12(2)20)18(22)19(11)8-7-13-5-6-15(23-3)16(10-13)24-4/h5-6,9-10,21H,7-8H2,1-4H3. The Hall–Kier alpha value is -2.76. The van der Waals surface area contributed by atoms with Gasteiger partial charge in [-0.2, -0.15) is 0 Å². The van der Waals surface area contributed by atoms with Crippen LogP contribution in [0.25, 0.3) is 0 Å². The number of aromatic hydroxyl groups is 1. The number of nitrogens with zero attached hydrogens (tertiary/aromatic N) is 1. The Morgan fingerprint density at radius 2 is 1.83 bits per heavy atom. The molecule has 0 aliphatic rings. The van der Waals surface area contributed by atoms with Gasteiger partial charge in [0.2, 0.25) is 0 Å². The van der Waals surface area contributed by atoms with Gasteiger partial charge < -0.3 is 19.1 Å². The largest absolute Gasteiger partial charge is 0.507 e. The van der Waals surface area contributed by atoms with Crippen molar-refractivity contribution < 1.29 is 19.4 Å². The van der Waals surface area contributed by atoms with E-state index in [4.69, 9.17) is 9.47 Å². The van der Waals surface area contributed by atoms with Crippen LogP contribution in [0.3, 0.4) is 0 Å². The van der Waals surface area contributed by atoms with Crippen molar-refractivity contribution in [2.75, 3.05) is 14.2 Å². The first-order chi connectivity index (χ1) is 11.4. The molecule has 0 aliphatic carbocycles. The fourth-order valence-electron chi connectivity index (χ4n) is 2.64. The van der Waals surface area contributed by atoms with Crippen molar-refractivity contribution in [3.8, 4) is 17.2 Å². The average Bonchev–Trinajstić information content (AvgIpc) is 2.53. The summed E-state index contributed by atoms with van der Waals surface area (Å²) in [6, 6.07) is 6.99. The van der Waals surface area contributed by atoms with Gasteiger partial charge in [0.15, 0.2) is 17.3 Å². The number of aromatic nitrogens is 1. The van der Waals surface area contributed by atoms with Crippen LogP contribution in [0.15, 0.2) is 29.1 Å². The summed E-state index contributed by atoms with van der Waals surface area (Å²) in [5.41, 5.74) is 0.924. The summed E-state index contributed by atoms with van der Waals surface area (Å²) >= 11 is 0. The van der Waals surface area contributed by atoms with Crippen LogP contribution in [0.4, 0.5) is 0 Å². The van der Waals surface area contributed by atoms with Gasteiger partial charge in [-0.3, -0.25) is 9.59 Å². The molecule has 0 amide bonds. The summed E-state index contributed by atoms with van der Waals surface area (Å²) in [7, 11) is 3.13. The number of hydrogen-bond acceptors (Lipinski definition) is 5. The van der Waals surface area contributed by atoms with Crippen molar-refractivity contribution in [3.05, 3.63) is 51.4 Å². The van der Waals surface area contributed by atoms with E-state index in [0.717, 1.165) is 5.56 Å². The molecule has 0 bridgehead atoms. The van der Waals surface area contributed by atoms with Gasteiger partial charge in [0.1, 0.15) is 11.3 Å². The first kappa shape index (κ1) is 17.6. The fourth-order valence-corrected chi connectivity index (χ4v) is 2.64. The van der Waals surface area contributed by atoms with Crippen LogP contribution in [-0.4, -0.2) is 29.7 Å². The zero-order valence-electron chi connectivity index (χ0n) is 14.3. The monoisotopic (exact) mass is 331 g/mol. The van der Waals surface area contributed by atoms with Gasteiger partial charge >= 0.3 is 0 Å². The molecule has 1 N–H and O–H groups in total. The van der Waals surface area contributed by atoms with Crippen LogP contribution in [0, 0.1) is 6.92 Å². The van der Waals surface area contributed by atoms with Gasteiger partial charge in [0.05, 0.1) is 14.2 Å². The Kier molecular flexibility index (Phi) is 5.28. The number of benzene rings is 1. The van der Waals surface area contributed by atoms with Gasteiger partial charge in [-0.05, 0) is 38.0 Å². The van der Waals surface area contributed by atoms with Crippen molar-refractivity contribution in [2.45, 2.75) is 26.8 Å². The van der Waals surface area contributed by atoms with Crippen LogP contribution in [-0.2, 0) is 13.0 Å². The van der Waals surface area contributed by atoms with E-state index in [9.17, 15) is 14.7 Å². The van der Waals surface area contributed by atoms with Crippen molar-refractivity contribution in [3.63, 3.8) is 0 Å². The van der Waals surface area contributed by atoms with Gasteiger partial charge in [-0.25, -0.2) is 0 Å². The molecular formula is C18H21NO5. The van der Waals surface area contributed by atoms with Crippen LogP contribution in [0.2, 0.25) is 0 Å². The Morgan fingerprint density at radius 1 is 1.17 bits per heavy atom. The highest BCUT2D eigenvalue weighted by atomic mass is 16.5. The number of ether oxygens (including phenoxy) is 2. The lowest BCUT2D eigenvalue weighted by Gasteiger charge is -2.13. The third-order valence-corrected chi connectivity index (χ3v) is 3.91. The second kappa shape index (κ2) is 7.21.